The molecule has 1 aliphatic heterocycles. The molecule has 0 bridgehead atoms. The maximum absolute atomic E-state index is 14.5. The summed E-state index contributed by atoms with van der Waals surface area (Å²) in [7, 11) is 0. The Bertz CT molecular complexity index is 1110. The lowest BCUT2D eigenvalue weighted by Crippen LogP contribution is -2.32. The Morgan fingerprint density at radius 1 is 1.13 bits per heavy atom. The van der Waals surface area contributed by atoms with E-state index in [2.05, 4.69) is 19.9 Å². The molecule has 5 rings (SSSR count). The van der Waals surface area contributed by atoms with Crippen molar-refractivity contribution >= 4 is 17.6 Å². The number of halogens is 2. The number of piperidine rings is 1. The minimum atomic E-state index is -0.333. The Morgan fingerprint density at radius 3 is 2.71 bits per heavy atom. The molecule has 2 aromatic heterocycles. The molecule has 3 heterocycles. The summed E-state index contributed by atoms with van der Waals surface area (Å²) in [4.78, 5) is 15.7. The zero-order valence-electron chi connectivity index (χ0n) is 17.1. The molecule has 0 amide bonds. The monoisotopic (exact) mass is 439 g/mol. The van der Waals surface area contributed by atoms with Crippen molar-refractivity contribution in [2.45, 2.75) is 28.7 Å². The Kier molecular flexibility index (Phi) is 5.14. The lowest BCUT2D eigenvalue weighted by molar-refractivity contribution is 0.533. The maximum atomic E-state index is 14.5. The highest BCUT2D eigenvalue weighted by molar-refractivity contribution is 7.99. The summed E-state index contributed by atoms with van der Waals surface area (Å²) in [6.45, 7) is 3.68. The van der Waals surface area contributed by atoms with Crippen LogP contribution in [-0.4, -0.2) is 34.6 Å². The smallest absolute Gasteiger partial charge is 0.158 e. The number of hydrogen-bond acceptors (Lipinski definition) is 6. The van der Waals surface area contributed by atoms with Gasteiger partial charge in [0, 0.05) is 31.2 Å². The normalized spacial score (nSPS) is 24.7. The molecule has 3 atom stereocenters. The van der Waals surface area contributed by atoms with E-state index in [0.717, 1.165) is 30.9 Å². The molecule has 0 spiro atoms. The standard InChI is InChI=1S/C23H23F2N5S/c1-14-22(25)19(6-8-27-14)31-21-11-28-20(10-29-21)30-9-7-15-17(12-30)23(15,13-26)16-4-2-3-5-18(16)24/h2-6,8,10-11,15,17H,7,9,12-13,26H2,1H3/t15-,17+,23-/m1/s1. The zero-order chi connectivity index (χ0) is 21.6. The number of anilines is 1. The molecule has 31 heavy (non-hydrogen) atoms. The Balaban J connectivity index is 1.31. The quantitative estimate of drug-likeness (QED) is 0.649. The van der Waals surface area contributed by atoms with E-state index < -0.39 is 0 Å². The number of nitrogens with two attached hydrogens (primary N) is 1. The Hall–Kier alpha value is -2.58. The number of pyridine rings is 1. The van der Waals surface area contributed by atoms with Crippen LogP contribution < -0.4 is 10.6 Å². The SMILES string of the molecule is Cc1nccc(Sc2cnc(N3CC[C@@H]4[C@H](C3)[C@@]4(CN)c3ccccc3F)cn2)c1F. The van der Waals surface area contributed by atoms with Crippen LogP contribution >= 0.6 is 11.8 Å². The summed E-state index contributed by atoms with van der Waals surface area (Å²) >= 11 is 1.23. The van der Waals surface area contributed by atoms with Gasteiger partial charge in [0.15, 0.2) is 5.82 Å². The molecule has 5 nitrogen and oxygen atoms in total. The molecule has 160 valence electrons. The van der Waals surface area contributed by atoms with Crippen molar-refractivity contribution in [2.75, 3.05) is 24.5 Å². The molecule has 1 saturated heterocycles. The van der Waals surface area contributed by atoms with Crippen LogP contribution in [0.2, 0.25) is 0 Å². The third-order valence-electron chi connectivity index (χ3n) is 6.72. The second-order valence-corrected chi connectivity index (χ2v) is 9.26. The molecule has 2 fully saturated rings. The molecule has 2 aliphatic rings. The van der Waals surface area contributed by atoms with Gasteiger partial charge >= 0.3 is 0 Å². The van der Waals surface area contributed by atoms with Crippen LogP contribution in [0.1, 0.15) is 17.7 Å². The van der Waals surface area contributed by atoms with E-state index in [9.17, 15) is 8.78 Å². The van der Waals surface area contributed by atoms with Crippen molar-refractivity contribution in [3.8, 4) is 0 Å². The van der Waals surface area contributed by atoms with Crippen molar-refractivity contribution in [3.63, 3.8) is 0 Å². The van der Waals surface area contributed by atoms with Crippen LogP contribution in [0.15, 0.2) is 58.8 Å². The summed E-state index contributed by atoms with van der Waals surface area (Å²) < 4.78 is 28.7. The van der Waals surface area contributed by atoms with E-state index in [-0.39, 0.29) is 17.0 Å². The first-order valence-electron chi connectivity index (χ1n) is 10.4. The van der Waals surface area contributed by atoms with Gasteiger partial charge < -0.3 is 10.6 Å². The summed E-state index contributed by atoms with van der Waals surface area (Å²) in [6.07, 6.45) is 5.92. The largest absolute Gasteiger partial charge is 0.355 e. The molecule has 0 radical (unpaired) electrons. The number of fused-ring (bicyclic) bond motifs is 1. The summed E-state index contributed by atoms with van der Waals surface area (Å²) in [5.74, 6) is 0.967. The first-order chi connectivity index (χ1) is 15.0. The summed E-state index contributed by atoms with van der Waals surface area (Å²) in [5.41, 5.74) is 6.99. The molecule has 1 aromatic carbocycles. The van der Waals surface area contributed by atoms with Crippen LogP contribution in [0.4, 0.5) is 14.6 Å². The highest BCUT2D eigenvalue weighted by Gasteiger charge is 2.66. The second-order valence-electron chi connectivity index (χ2n) is 8.20. The average molecular weight is 440 g/mol. The first kappa shape index (κ1) is 20.3. The van der Waals surface area contributed by atoms with Gasteiger partial charge in [-0.3, -0.25) is 4.98 Å². The summed E-state index contributed by atoms with van der Waals surface area (Å²) in [6, 6.07) is 8.62. The average Bonchev–Trinajstić information content (AvgIpc) is 3.45. The van der Waals surface area contributed by atoms with Crippen LogP contribution in [0, 0.1) is 30.4 Å². The van der Waals surface area contributed by atoms with Crippen molar-refractivity contribution in [1.29, 1.82) is 0 Å². The second kappa shape index (κ2) is 7.84. The van der Waals surface area contributed by atoms with Gasteiger partial charge in [0.25, 0.3) is 0 Å². The van der Waals surface area contributed by atoms with Gasteiger partial charge in [0.1, 0.15) is 16.7 Å². The van der Waals surface area contributed by atoms with Crippen molar-refractivity contribution in [3.05, 3.63) is 71.8 Å². The molecule has 0 unspecified atom stereocenters. The number of aromatic nitrogens is 3. The molecule has 2 N–H and O–H groups in total. The topological polar surface area (TPSA) is 67.9 Å². The zero-order valence-corrected chi connectivity index (χ0v) is 17.9. The van der Waals surface area contributed by atoms with Gasteiger partial charge in [-0.15, -0.1) is 0 Å². The number of hydrogen-bond donors (Lipinski definition) is 1. The van der Waals surface area contributed by atoms with Gasteiger partial charge in [-0.25, -0.2) is 18.7 Å². The van der Waals surface area contributed by atoms with E-state index >= 15 is 0 Å². The third kappa shape index (κ3) is 3.38. The number of benzene rings is 1. The van der Waals surface area contributed by atoms with E-state index in [4.69, 9.17) is 5.73 Å². The van der Waals surface area contributed by atoms with E-state index in [1.165, 1.54) is 17.8 Å². The summed E-state index contributed by atoms with van der Waals surface area (Å²) in [5, 5.41) is 0.622. The van der Waals surface area contributed by atoms with Gasteiger partial charge in [0.05, 0.1) is 23.0 Å². The fourth-order valence-electron chi connectivity index (χ4n) is 5.08. The fraction of sp³-hybridized carbons (Fsp3) is 0.348. The van der Waals surface area contributed by atoms with Crippen LogP contribution in [0.5, 0.6) is 0 Å². The van der Waals surface area contributed by atoms with E-state index in [1.54, 1.807) is 37.6 Å². The first-order valence-corrected chi connectivity index (χ1v) is 11.2. The van der Waals surface area contributed by atoms with Gasteiger partial charge in [0.2, 0.25) is 0 Å². The van der Waals surface area contributed by atoms with Crippen molar-refractivity contribution < 1.29 is 8.78 Å². The molecular formula is C23H23F2N5S. The van der Waals surface area contributed by atoms with E-state index in [0.29, 0.717) is 34.0 Å². The predicted octanol–water partition coefficient (Wildman–Crippen LogP) is 3.96. The van der Waals surface area contributed by atoms with Gasteiger partial charge in [-0.1, -0.05) is 30.0 Å². The van der Waals surface area contributed by atoms with Crippen LogP contribution in [-0.2, 0) is 5.41 Å². The molecule has 8 heteroatoms. The fourth-order valence-corrected chi connectivity index (χ4v) is 5.88. The molecule has 1 aliphatic carbocycles. The number of aryl methyl sites for hydroxylation is 1. The number of nitrogens with zero attached hydrogens (tertiary/aromatic N) is 4. The molecule has 3 aromatic rings. The molecular weight excluding hydrogens is 416 g/mol. The maximum Gasteiger partial charge on any atom is 0.158 e. The predicted molar refractivity (Wildman–Crippen MR) is 116 cm³/mol. The minimum Gasteiger partial charge on any atom is -0.355 e. The Morgan fingerprint density at radius 2 is 1.97 bits per heavy atom. The number of rotatable bonds is 5. The van der Waals surface area contributed by atoms with Gasteiger partial charge in [-0.05, 0) is 42.9 Å². The molecule has 1 saturated carbocycles. The highest BCUT2D eigenvalue weighted by Crippen LogP contribution is 2.63. The highest BCUT2D eigenvalue weighted by atomic mass is 32.2. The Labute approximate surface area is 184 Å². The lowest BCUT2D eigenvalue weighted by Gasteiger charge is -2.27. The van der Waals surface area contributed by atoms with Crippen molar-refractivity contribution in [2.24, 2.45) is 17.6 Å². The van der Waals surface area contributed by atoms with Crippen LogP contribution in [0.25, 0.3) is 0 Å². The lowest BCUT2D eigenvalue weighted by atomic mass is 9.91. The van der Waals surface area contributed by atoms with E-state index in [1.807, 2.05) is 12.1 Å². The van der Waals surface area contributed by atoms with Crippen LogP contribution in [0.3, 0.4) is 0 Å². The van der Waals surface area contributed by atoms with Crippen molar-refractivity contribution in [1.82, 2.24) is 15.0 Å². The van der Waals surface area contributed by atoms with Gasteiger partial charge in [-0.2, -0.15) is 0 Å². The minimum absolute atomic E-state index is 0.173. The third-order valence-corrected chi connectivity index (χ3v) is 7.68.